The van der Waals surface area contributed by atoms with Gasteiger partial charge in [-0.15, -0.1) is 0 Å². The van der Waals surface area contributed by atoms with Crippen LogP contribution in [-0.2, 0) is 0 Å². The summed E-state index contributed by atoms with van der Waals surface area (Å²) in [6.45, 7) is 2.54. The Morgan fingerprint density at radius 1 is 1.55 bits per heavy atom. The molecule has 1 N–H and O–H groups in total. The Bertz CT molecular complexity index is 156. The number of hydrogen-bond donors (Lipinski definition) is 1. The van der Waals surface area contributed by atoms with E-state index in [4.69, 9.17) is 0 Å². The van der Waals surface area contributed by atoms with Gasteiger partial charge in [0.2, 0.25) is 0 Å². The van der Waals surface area contributed by atoms with Crippen molar-refractivity contribution >= 4 is 11.9 Å². The van der Waals surface area contributed by atoms with Gasteiger partial charge >= 0.3 is 0 Å². The molecule has 1 atom stereocenters. The van der Waals surface area contributed by atoms with Crippen molar-refractivity contribution in [1.82, 2.24) is 9.62 Å². The molecule has 0 amide bonds. The molecule has 3 heteroatoms. The first-order valence-corrected chi connectivity index (χ1v) is 5.45. The molecule has 1 heterocycles. The van der Waals surface area contributed by atoms with Crippen LogP contribution in [-0.4, -0.2) is 36.7 Å². The van der Waals surface area contributed by atoms with E-state index in [1.165, 1.54) is 25.9 Å². The zero-order valence-corrected chi connectivity index (χ0v) is 8.08. The highest BCUT2D eigenvalue weighted by Gasteiger charge is 2.54. The van der Waals surface area contributed by atoms with Crippen molar-refractivity contribution in [3.05, 3.63) is 0 Å². The van der Waals surface area contributed by atoms with E-state index in [9.17, 15) is 0 Å². The van der Waals surface area contributed by atoms with E-state index in [1.807, 2.05) is 11.9 Å². The quantitative estimate of drug-likeness (QED) is 0.624. The number of nitrogens with one attached hydrogen (secondary N) is 1. The molecular formula is C8H16N2S. The van der Waals surface area contributed by atoms with Gasteiger partial charge in [0.1, 0.15) is 0 Å². The highest BCUT2D eigenvalue weighted by molar-refractivity contribution is 7.96. The molecule has 1 aliphatic carbocycles. The summed E-state index contributed by atoms with van der Waals surface area (Å²) in [6.07, 6.45) is 5.05. The topological polar surface area (TPSA) is 15.3 Å². The first-order chi connectivity index (χ1) is 5.30. The summed E-state index contributed by atoms with van der Waals surface area (Å²) in [5, 5.41) is 3.43. The van der Waals surface area contributed by atoms with Gasteiger partial charge in [0, 0.05) is 24.5 Å². The summed E-state index contributed by atoms with van der Waals surface area (Å²) in [7, 11) is 2.09. The third-order valence-corrected chi connectivity index (χ3v) is 3.91. The molecule has 11 heavy (non-hydrogen) atoms. The first kappa shape index (κ1) is 7.90. The standard InChI is InChI=1S/C8H16N2S/c1-9-7-5-10(11-2)6-8(7)3-4-8/h7,9H,3-6H2,1-2H3. The van der Waals surface area contributed by atoms with Gasteiger partial charge in [-0.2, -0.15) is 0 Å². The molecule has 1 spiro atoms. The molecule has 2 nitrogen and oxygen atoms in total. The van der Waals surface area contributed by atoms with Crippen molar-refractivity contribution in [2.45, 2.75) is 18.9 Å². The second-order valence-corrected chi connectivity index (χ2v) is 4.59. The Morgan fingerprint density at radius 2 is 2.27 bits per heavy atom. The van der Waals surface area contributed by atoms with E-state index in [0.717, 1.165) is 6.04 Å². The summed E-state index contributed by atoms with van der Waals surface area (Å²) in [4.78, 5) is 0. The van der Waals surface area contributed by atoms with Gasteiger partial charge in [0.05, 0.1) is 0 Å². The highest BCUT2D eigenvalue weighted by atomic mass is 32.2. The van der Waals surface area contributed by atoms with Crippen molar-refractivity contribution in [1.29, 1.82) is 0 Å². The van der Waals surface area contributed by atoms with Gasteiger partial charge in [-0.05, 0) is 26.1 Å². The molecule has 2 rings (SSSR count). The molecule has 0 aromatic heterocycles. The van der Waals surface area contributed by atoms with Crippen molar-refractivity contribution in [2.75, 3.05) is 26.4 Å². The van der Waals surface area contributed by atoms with Gasteiger partial charge in [0.25, 0.3) is 0 Å². The van der Waals surface area contributed by atoms with Gasteiger partial charge in [-0.3, -0.25) is 0 Å². The molecule has 2 fully saturated rings. The van der Waals surface area contributed by atoms with Crippen LogP contribution in [0.3, 0.4) is 0 Å². The van der Waals surface area contributed by atoms with E-state index in [1.54, 1.807) is 0 Å². The van der Waals surface area contributed by atoms with Crippen molar-refractivity contribution in [2.24, 2.45) is 5.41 Å². The summed E-state index contributed by atoms with van der Waals surface area (Å²) >= 11 is 1.89. The molecule has 0 aromatic rings. The van der Waals surface area contributed by atoms with Crippen LogP contribution in [0.15, 0.2) is 0 Å². The van der Waals surface area contributed by atoms with Crippen molar-refractivity contribution < 1.29 is 0 Å². The van der Waals surface area contributed by atoms with Crippen LogP contribution >= 0.6 is 11.9 Å². The Kier molecular flexibility index (Phi) is 1.90. The SMILES string of the molecule is CNC1CN(SC)CC12CC2. The van der Waals surface area contributed by atoms with Crippen LogP contribution in [0.2, 0.25) is 0 Å². The summed E-state index contributed by atoms with van der Waals surface area (Å²) in [6, 6.07) is 0.759. The van der Waals surface area contributed by atoms with Crippen LogP contribution in [0, 0.1) is 5.41 Å². The maximum atomic E-state index is 3.43. The van der Waals surface area contributed by atoms with Crippen LogP contribution in [0.25, 0.3) is 0 Å². The molecule has 2 aliphatic rings. The molecule has 0 bridgehead atoms. The van der Waals surface area contributed by atoms with E-state index in [0.29, 0.717) is 5.41 Å². The van der Waals surface area contributed by atoms with E-state index in [2.05, 4.69) is 22.9 Å². The van der Waals surface area contributed by atoms with Crippen LogP contribution in [0.5, 0.6) is 0 Å². The monoisotopic (exact) mass is 172 g/mol. The lowest BCUT2D eigenvalue weighted by Crippen LogP contribution is -2.33. The van der Waals surface area contributed by atoms with Gasteiger partial charge < -0.3 is 5.32 Å². The predicted octanol–water partition coefficient (Wildman–Crippen LogP) is 0.948. The van der Waals surface area contributed by atoms with Gasteiger partial charge in [0.15, 0.2) is 0 Å². The number of hydrogen-bond acceptors (Lipinski definition) is 3. The van der Waals surface area contributed by atoms with E-state index >= 15 is 0 Å². The van der Waals surface area contributed by atoms with Crippen LogP contribution in [0.4, 0.5) is 0 Å². The third-order valence-electron chi connectivity index (χ3n) is 3.12. The Morgan fingerprint density at radius 3 is 2.64 bits per heavy atom. The Labute approximate surface area is 72.9 Å². The molecular weight excluding hydrogens is 156 g/mol. The second-order valence-electron chi connectivity index (χ2n) is 3.71. The largest absolute Gasteiger partial charge is 0.315 e. The molecule has 1 saturated carbocycles. The lowest BCUT2D eigenvalue weighted by molar-refractivity contribution is 0.435. The normalized spacial score (nSPS) is 34.9. The maximum Gasteiger partial charge on any atom is 0.0270 e. The Balaban J connectivity index is 2.01. The molecule has 0 radical (unpaired) electrons. The number of rotatable bonds is 2. The smallest absolute Gasteiger partial charge is 0.0270 e. The van der Waals surface area contributed by atoms with Crippen molar-refractivity contribution in [3.63, 3.8) is 0 Å². The Hall–Kier alpha value is 0.270. The average molecular weight is 172 g/mol. The zero-order valence-electron chi connectivity index (χ0n) is 7.26. The average Bonchev–Trinajstić information content (AvgIpc) is 2.66. The fourth-order valence-electron chi connectivity index (χ4n) is 2.13. The second kappa shape index (κ2) is 2.64. The van der Waals surface area contributed by atoms with Crippen LogP contribution < -0.4 is 5.32 Å². The first-order valence-electron chi connectivity index (χ1n) is 4.27. The lowest BCUT2D eigenvalue weighted by Gasteiger charge is -2.14. The third kappa shape index (κ3) is 1.19. The fraction of sp³-hybridized carbons (Fsp3) is 1.00. The van der Waals surface area contributed by atoms with E-state index in [-0.39, 0.29) is 0 Å². The minimum atomic E-state index is 0.678. The van der Waals surface area contributed by atoms with Crippen molar-refractivity contribution in [3.8, 4) is 0 Å². The molecule has 64 valence electrons. The van der Waals surface area contributed by atoms with Gasteiger partial charge in [-0.25, -0.2) is 4.31 Å². The highest BCUT2D eigenvalue weighted by Crippen LogP contribution is 2.53. The predicted molar refractivity (Wildman–Crippen MR) is 49.6 cm³/mol. The lowest BCUT2D eigenvalue weighted by atomic mass is 10.0. The molecule has 1 saturated heterocycles. The number of likely N-dealkylation sites (N-methyl/N-ethyl adjacent to an activating group) is 1. The molecule has 0 aromatic carbocycles. The van der Waals surface area contributed by atoms with Gasteiger partial charge in [-0.1, -0.05) is 11.9 Å². The molecule has 1 unspecified atom stereocenters. The van der Waals surface area contributed by atoms with E-state index < -0.39 is 0 Å². The minimum absolute atomic E-state index is 0.678. The summed E-state index contributed by atoms with van der Waals surface area (Å²) in [5.74, 6) is 0. The summed E-state index contributed by atoms with van der Waals surface area (Å²) < 4.78 is 2.48. The number of nitrogens with zero attached hydrogens (tertiary/aromatic N) is 1. The maximum absolute atomic E-state index is 3.43. The fourth-order valence-corrected chi connectivity index (χ4v) is 2.81. The van der Waals surface area contributed by atoms with Crippen LogP contribution in [0.1, 0.15) is 12.8 Å². The minimum Gasteiger partial charge on any atom is -0.315 e. The zero-order chi connectivity index (χ0) is 7.90. The summed E-state index contributed by atoms with van der Waals surface area (Å²) in [5.41, 5.74) is 0.678. The molecule has 1 aliphatic heterocycles.